The SMILES string of the molecule is c1ccc2c(c1)ccc1cc(-c3nc(-c4ccc(-c5ccc6c(ccc7oc8ccccc8c76)c5)c5ccccc45)nc(-c4cccc5oc6ccccc6c45)n3)ccc12. The molecule has 0 saturated heterocycles. The highest BCUT2D eigenvalue weighted by Gasteiger charge is 2.20. The van der Waals surface area contributed by atoms with Crippen LogP contribution >= 0.6 is 0 Å². The van der Waals surface area contributed by atoms with Gasteiger partial charge in [-0.05, 0) is 96.7 Å². The molecule has 60 heavy (non-hydrogen) atoms. The number of benzene rings is 10. The van der Waals surface area contributed by atoms with Crippen LogP contribution in [0.1, 0.15) is 0 Å². The number of nitrogens with zero attached hydrogens (tertiary/aromatic N) is 3. The lowest BCUT2D eigenvalue weighted by atomic mass is 9.92. The molecule has 13 aromatic rings. The van der Waals surface area contributed by atoms with Gasteiger partial charge in [0, 0.05) is 38.2 Å². The second kappa shape index (κ2) is 12.7. The molecule has 0 amide bonds. The van der Waals surface area contributed by atoms with Crippen LogP contribution in [0.3, 0.4) is 0 Å². The Morgan fingerprint density at radius 3 is 1.60 bits per heavy atom. The van der Waals surface area contributed by atoms with Gasteiger partial charge in [0.05, 0.1) is 0 Å². The molecule has 5 nitrogen and oxygen atoms in total. The first-order valence-corrected chi connectivity index (χ1v) is 20.2. The van der Waals surface area contributed by atoms with Crippen molar-refractivity contribution >= 4 is 87.0 Å². The minimum Gasteiger partial charge on any atom is -0.456 e. The Balaban J connectivity index is 1.01. The summed E-state index contributed by atoms with van der Waals surface area (Å²) >= 11 is 0. The summed E-state index contributed by atoms with van der Waals surface area (Å²) < 4.78 is 12.5. The third-order valence-corrected chi connectivity index (χ3v) is 12.1. The van der Waals surface area contributed by atoms with Crippen molar-refractivity contribution in [1.29, 1.82) is 0 Å². The summed E-state index contributed by atoms with van der Waals surface area (Å²) in [5.74, 6) is 1.80. The van der Waals surface area contributed by atoms with Crippen molar-refractivity contribution in [3.05, 3.63) is 188 Å². The van der Waals surface area contributed by atoms with Crippen LogP contribution in [0.25, 0.3) is 132 Å². The van der Waals surface area contributed by atoms with Crippen LogP contribution in [0, 0.1) is 0 Å². The molecule has 5 heteroatoms. The highest BCUT2D eigenvalue weighted by atomic mass is 16.3. The van der Waals surface area contributed by atoms with Crippen LogP contribution in [0.4, 0.5) is 0 Å². The van der Waals surface area contributed by atoms with Crippen LogP contribution < -0.4 is 0 Å². The van der Waals surface area contributed by atoms with Crippen LogP contribution in [0.15, 0.2) is 197 Å². The quantitative estimate of drug-likeness (QED) is 0.167. The van der Waals surface area contributed by atoms with Gasteiger partial charge in [-0.1, -0.05) is 146 Å². The molecule has 3 aromatic heterocycles. The zero-order chi connectivity index (χ0) is 39.3. The molecule has 0 N–H and O–H groups in total. The maximum atomic E-state index is 6.33. The molecule has 0 saturated carbocycles. The molecule has 278 valence electrons. The third kappa shape index (κ3) is 4.96. The highest BCUT2D eigenvalue weighted by molar-refractivity contribution is 6.19. The van der Waals surface area contributed by atoms with Crippen LogP contribution in [0.5, 0.6) is 0 Å². The van der Waals surface area contributed by atoms with Crippen LogP contribution in [-0.2, 0) is 0 Å². The Hall–Kier alpha value is -8.15. The standard InChI is InChI=1S/C55H31N3O2/c1-2-11-37-32(10-1)20-21-33-31-36(23-25-38(33)37)53-56-54(58-55(57-53)46-16-9-19-49-52(46)45-15-6-8-18-48(45)59-49)43-28-27-39(41-12-3-4-13-42(41)43)34-22-26-40-35(30-34)24-29-50-51(40)44-14-5-7-17-47(44)60-50/h1-31H. The van der Waals surface area contributed by atoms with Gasteiger partial charge >= 0.3 is 0 Å². The Kier molecular flexibility index (Phi) is 6.95. The topological polar surface area (TPSA) is 65.0 Å². The van der Waals surface area contributed by atoms with E-state index in [1.165, 1.54) is 21.5 Å². The summed E-state index contributed by atoms with van der Waals surface area (Å²) in [6.07, 6.45) is 0. The van der Waals surface area contributed by atoms with Crippen molar-refractivity contribution in [2.24, 2.45) is 0 Å². The van der Waals surface area contributed by atoms with E-state index < -0.39 is 0 Å². The van der Waals surface area contributed by atoms with Gasteiger partial charge in [-0.2, -0.15) is 0 Å². The lowest BCUT2D eigenvalue weighted by Gasteiger charge is -2.14. The predicted octanol–water partition coefficient (Wildman–Crippen LogP) is 15.0. The third-order valence-electron chi connectivity index (χ3n) is 12.1. The average molecular weight is 766 g/mol. The van der Waals surface area contributed by atoms with Crippen molar-refractivity contribution in [2.75, 3.05) is 0 Å². The Bertz CT molecular complexity index is 3910. The first-order valence-electron chi connectivity index (χ1n) is 20.2. The van der Waals surface area contributed by atoms with Gasteiger partial charge in [0.2, 0.25) is 0 Å². The molecule has 0 bridgehead atoms. The molecular weight excluding hydrogens is 735 g/mol. The first kappa shape index (κ1) is 32.9. The van der Waals surface area contributed by atoms with Gasteiger partial charge in [0.25, 0.3) is 0 Å². The molecule has 10 aromatic carbocycles. The molecule has 0 atom stereocenters. The fourth-order valence-electron chi connectivity index (χ4n) is 9.33. The van der Waals surface area contributed by atoms with Crippen molar-refractivity contribution in [1.82, 2.24) is 15.0 Å². The van der Waals surface area contributed by atoms with E-state index in [2.05, 4.69) is 146 Å². The van der Waals surface area contributed by atoms with Crippen molar-refractivity contribution < 1.29 is 8.83 Å². The lowest BCUT2D eigenvalue weighted by molar-refractivity contribution is 0.668. The summed E-state index contributed by atoms with van der Waals surface area (Å²) in [5.41, 5.74) is 8.44. The van der Waals surface area contributed by atoms with Crippen LogP contribution in [0.2, 0.25) is 0 Å². The number of hydrogen-bond acceptors (Lipinski definition) is 5. The minimum absolute atomic E-state index is 0.589. The minimum atomic E-state index is 0.589. The number of rotatable bonds is 4. The monoisotopic (exact) mass is 765 g/mol. The zero-order valence-corrected chi connectivity index (χ0v) is 32.1. The number of fused-ring (bicyclic) bond motifs is 12. The summed E-state index contributed by atoms with van der Waals surface area (Å²) in [5, 5.41) is 13.6. The fraction of sp³-hybridized carbons (Fsp3) is 0. The molecule has 0 aliphatic carbocycles. The van der Waals surface area contributed by atoms with Gasteiger partial charge in [0.1, 0.15) is 22.3 Å². The Morgan fingerprint density at radius 1 is 0.267 bits per heavy atom. The average Bonchev–Trinajstić information content (AvgIpc) is 3.90. The van der Waals surface area contributed by atoms with E-state index in [9.17, 15) is 0 Å². The van der Waals surface area contributed by atoms with Crippen molar-refractivity contribution in [2.45, 2.75) is 0 Å². The predicted molar refractivity (Wildman–Crippen MR) is 246 cm³/mol. The number of hydrogen-bond donors (Lipinski definition) is 0. The van der Waals surface area contributed by atoms with E-state index >= 15 is 0 Å². The molecular formula is C55H31N3O2. The molecule has 3 heterocycles. The zero-order valence-electron chi connectivity index (χ0n) is 32.1. The van der Waals surface area contributed by atoms with E-state index in [0.29, 0.717) is 17.5 Å². The Morgan fingerprint density at radius 2 is 0.783 bits per heavy atom. The van der Waals surface area contributed by atoms with E-state index in [1.807, 2.05) is 42.5 Å². The van der Waals surface area contributed by atoms with E-state index in [1.54, 1.807) is 0 Å². The normalized spacial score (nSPS) is 12.0. The molecule has 0 aliphatic rings. The van der Waals surface area contributed by atoms with Crippen molar-refractivity contribution in [3.63, 3.8) is 0 Å². The van der Waals surface area contributed by atoms with E-state index in [0.717, 1.165) is 93.2 Å². The van der Waals surface area contributed by atoms with Gasteiger partial charge in [-0.25, -0.2) is 15.0 Å². The highest BCUT2D eigenvalue weighted by Crippen LogP contribution is 2.41. The second-order valence-electron chi connectivity index (χ2n) is 15.5. The second-order valence-corrected chi connectivity index (χ2v) is 15.5. The fourth-order valence-corrected chi connectivity index (χ4v) is 9.33. The molecule has 0 spiro atoms. The molecule has 0 radical (unpaired) electrons. The first-order chi connectivity index (χ1) is 29.7. The van der Waals surface area contributed by atoms with Gasteiger partial charge in [-0.3, -0.25) is 0 Å². The lowest BCUT2D eigenvalue weighted by Crippen LogP contribution is -2.01. The van der Waals surface area contributed by atoms with E-state index in [4.69, 9.17) is 23.8 Å². The smallest absolute Gasteiger partial charge is 0.164 e. The molecule has 0 aliphatic heterocycles. The summed E-state index contributed by atoms with van der Waals surface area (Å²) in [4.78, 5) is 15.8. The summed E-state index contributed by atoms with van der Waals surface area (Å²) in [7, 11) is 0. The molecule has 0 unspecified atom stereocenters. The van der Waals surface area contributed by atoms with E-state index in [-0.39, 0.29) is 0 Å². The van der Waals surface area contributed by atoms with Crippen LogP contribution in [-0.4, -0.2) is 15.0 Å². The largest absolute Gasteiger partial charge is 0.456 e. The van der Waals surface area contributed by atoms with Crippen molar-refractivity contribution in [3.8, 4) is 45.3 Å². The Labute approximate surface area is 342 Å². The van der Waals surface area contributed by atoms with Gasteiger partial charge in [0.15, 0.2) is 17.5 Å². The van der Waals surface area contributed by atoms with Gasteiger partial charge < -0.3 is 8.83 Å². The van der Waals surface area contributed by atoms with Gasteiger partial charge in [-0.15, -0.1) is 0 Å². The maximum absolute atomic E-state index is 6.33. The summed E-state index contributed by atoms with van der Waals surface area (Å²) in [6, 6.07) is 65.8. The number of aromatic nitrogens is 3. The summed E-state index contributed by atoms with van der Waals surface area (Å²) in [6.45, 7) is 0. The molecule has 13 rings (SSSR count). The number of furan rings is 2. The maximum Gasteiger partial charge on any atom is 0.164 e. The molecule has 0 fully saturated rings. The number of para-hydroxylation sites is 2.